The summed E-state index contributed by atoms with van der Waals surface area (Å²) >= 11 is 15.9. The summed E-state index contributed by atoms with van der Waals surface area (Å²) in [5.74, 6) is 0.960. The predicted octanol–water partition coefficient (Wildman–Crippen LogP) is 4.78. The second kappa shape index (κ2) is 6.97. The number of aromatic nitrogens is 2. The van der Waals surface area contributed by atoms with Gasteiger partial charge in [0, 0.05) is 17.4 Å². The minimum atomic E-state index is 0.352. The second-order valence-electron chi connectivity index (χ2n) is 5.02. The molecule has 5 heteroatoms. The summed E-state index contributed by atoms with van der Waals surface area (Å²) in [4.78, 5) is 0. The minimum Gasteiger partial charge on any atom is -0.271 e. The predicted molar refractivity (Wildman–Crippen MR) is 88.7 cm³/mol. The highest BCUT2D eigenvalue weighted by atomic mass is 79.9. The largest absolute Gasteiger partial charge is 0.271 e. The average molecular weight is 376 g/mol. The van der Waals surface area contributed by atoms with E-state index in [0.717, 1.165) is 33.7 Å². The first-order valence-electron chi connectivity index (χ1n) is 6.49. The van der Waals surface area contributed by atoms with Crippen LogP contribution in [0.15, 0.2) is 28.7 Å². The third-order valence-corrected chi connectivity index (χ3v) is 4.86. The zero-order valence-electron chi connectivity index (χ0n) is 11.5. The van der Waals surface area contributed by atoms with Crippen LogP contribution in [0.1, 0.15) is 17.0 Å². The van der Waals surface area contributed by atoms with E-state index in [1.165, 1.54) is 5.56 Å². The summed E-state index contributed by atoms with van der Waals surface area (Å²) in [5, 5.41) is 5.11. The lowest BCUT2D eigenvalue weighted by Gasteiger charge is -2.14. The van der Waals surface area contributed by atoms with Crippen LogP contribution in [0.3, 0.4) is 0 Å². The molecule has 2 aromatic rings. The number of hydrogen-bond donors (Lipinski definition) is 0. The van der Waals surface area contributed by atoms with Crippen molar-refractivity contribution in [2.75, 3.05) is 5.88 Å². The van der Waals surface area contributed by atoms with E-state index in [1.807, 2.05) is 18.7 Å². The van der Waals surface area contributed by atoms with Crippen molar-refractivity contribution in [3.05, 3.63) is 50.7 Å². The van der Waals surface area contributed by atoms with E-state index >= 15 is 0 Å². The molecule has 0 spiro atoms. The molecule has 1 unspecified atom stereocenters. The lowest BCUT2D eigenvalue weighted by atomic mass is 9.96. The van der Waals surface area contributed by atoms with Gasteiger partial charge in [-0.2, -0.15) is 5.10 Å². The normalized spacial score (nSPS) is 12.7. The zero-order valence-corrected chi connectivity index (χ0v) is 14.6. The van der Waals surface area contributed by atoms with Crippen LogP contribution in [0, 0.1) is 12.8 Å². The van der Waals surface area contributed by atoms with Crippen LogP contribution in [0.4, 0.5) is 0 Å². The molecule has 2 nitrogen and oxygen atoms in total. The standard InChI is InChI=1S/C15H17BrCl2N2/c1-10-15(18)14(20(2)19-10)8-12(9-17)7-11-3-5-13(16)6-4-11/h3-6,12H,7-9H2,1-2H3. The number of aryl methyl sites for hydroxylation is 2. The molecule has 0 aliphatic carbocycles. The van der Waals surface area contributed by atoms with Crippen LogP contribution in [0.2, 0.25) is 5.02 Å². The molecule has 20 heavy (non-hydrogen) atoms. The van der Waals surface area contributed by atoms with Crippen molar-refractivity contribution in [3.8, 4) is 0 Å². The van der Waals surface area contributed by atoms with Gasteiger partial charge in [-0.3, -0.25) is 4.68 Å². The Balaban J connectivity index is 2.11. The lowest BCUT2D eigenvalue weighted by molar-refractivity contribution is 0.551. The van der Waals surface area contributed by atoms with Gasteiger partial charge in [0.2, 0.25) is 0 Å². The molecular weight excluding hydrogens is 359 g/mol. The monoisotopic (exact) mass is 374 g/mol. The molecule has 0 fully saturated rings. The van der Waals surface area contributed by atoms with Gasteiger partial charge >= 0.3 is 0 Å². The van der Waals surface area contributed by atoms with Gasteiger partial charge in [0.1, 0.15) is 0 Å². The van der Waals surface area contributed by atoms with Crippen molar-refractivity contribution < 1.29 is 0 Å². The fourth-order valence-electron chi connectivity index (χ4n) is 2.31. The third-order valence-electron chi connectivity index (χ3n) is 3.40. The molecule has 0 N–H and O–H groups in total. The minimum absolute atomic E-state index is 0.352. The number of hydrogen-bond acceptors (Lipinski definition) is 1. The van der Waals surface area contributed by atoms with E-state index < -0.39 is 0 Å². The van der Waals surface area contributed by atoms with Crippen LogP contribution < -0.4 is 0 Å². The maximum absolute atomic E-state index is 6.31. The molecule has 108 valence electrons. The Morgan fingerprint density at radius 1 is 1.25 bits per heavy atom. The Morgan fingerprint density at radius 2 is 1.90 bits per heavy atom. The highest BCUT2D eigenvalue weighted by Crippen LogP contribution is 2.24. The first-order chi connectivity index (χ1) is 9.51. The van der Waals surface area contributed by atoms with Crippen LogP contribution in [0.5, 0.6) is 0 Å². The first kappa shape index (κ1) is 15.9. The molecule has 0 radical (unpaired) electrons. The van der Waals surface area contributed by atoms with Gasteiger partial charge in [-0.25, -0.2) is 0 Å². The van der Waals surface area contributed by atoms with Crippen LogP contribution in [0.25, 0.3) is 0 Å². The number of benzene rings is 1. The molecule has 1 heterocycles. The van der Waals surface area contributed by atoms with E-state index in [0.29, 0.717) is 11.8 Å². The summed E-state index contributed by atoms with van der Waals surface area (Å²) in [6, 6.07) is 8.36. The Bertz CT molecular complexity index is 578. The summed E-state index contributed by atoms with van der Waals surface area (Å²) in [6.07, 6.45) is 1.78. The van der Waals surface area contributed by atoms with E-state index in [-0.39, 0.29) is 0 Å². The third kappa shape index (κ3) is 3.78. The number of rotatable bonds is 5. The summed E-state index contributed by atoms with van der Waals surface area (Å²) in [6.45, 7) is 1.93. The van der Waals surface area contributed by atoms with Crippen molar-refractivity contribution in [1.29, 1.82) is 0 Å². The molecule has 1 aromatic heterocycles. The van der Waals surface area contributed by atoms with Crippen LogP contribution in [-0.4, -0.2) is 15.7 Å². The Hall–Kier alpha value is -0.510. The fraction of sp³-hybridized carbons (Fsp3) is 0.400. The van der Waals surface area contributed by atoms with Crippen molar-refractivity contribution in [2.24, 2.45) is 13.0 Å². The fourth-order valence-corrected chi connectivity index (χ4v) is 3.03. The molecule has 0 amide bonds. The Labute approximate surface area is 138 Å². The molecular formula is C15H17BrCl2N2. The van der Waals surface area contributed by atoms with Gasteiger partial charge in [-0.05, 0) is 43.4 Å². The Morgan fingerprint density at radius 3 is 2.40 bits per heavy atom. The molecule has 0 saturated heterocycles. The van der Waals surface area contributed by atoms with E-state index in [9.17, 15) is 0 Å². The number of nitrogens with zero attached hydrogens (tertiary/aromatic N) is 2. The topological polar surface area (TPSA) is 17.8 Å². The van der Waals surface area contributed by atoms with Crippen molar-refractivity contribution in [3.63, 3.8) is 0 Å². The molecule has 1 atom stereocenters. The molecule has 0 aliphatic rings. The molecule has 0 bridgehead atoms. The molecule has 0 aliphatic heterocycles. The molecule has 0 saturated carbocycles. The maximum atomic E-state index is 6.31. The highest BCUT2D eigenvalue weighted by molar-refractivity contribution is 9.10. The zero-order chi connectivity index (χ0) is 14.7. The highest BCUT2D eigenvalue weighted by Gasteiger charge is 2.17. The SMILES string of the molecule is Cc1nn(C)c(CC(CCl)Cc2ccc(Br)cc2)c1Cl. The van der Waals surface area contributed by atoms with Gasteiger partial charge in [-0.1, -0.05) is 39.7 Å². The van der Waals surface area contributed by atoms with Crippen LogP contribution in [-0.2, 0) is 19.9 Å². The molecule has 1 aromatic carbocycles. The summed E-state index contributed by atoms with van der Waals surface area (Å²) in [5.41, 5.74) is 3.22. The average Bonchev–Trinajstić information content (AvgIpc) is 2.66. The van der Waals surface area contributed by atoms with E-state index in [4.69, 9.17) is 23.2 Å². The van der Waals surface area contributed by atoms with E-state index in [1.54, 1.807) is 0 Å². The van der Waals surface area contributed by atoms with Crippen molar-refractivity contribution in [1.82, 2.24) is 9.78 Å². The summed E-state index contributed by atoms with van der Waals surface area (Å²) < 4.78 is 2.95. The van der Waals surface area contributed by atoms with Crippen molar-refractivity contribution >= 4 is 39.1 Å². The van der Waals surface area contributed by atoms with Gasteiger partial charge in [0.25, 0.3) is 0 Å². The second-order valence-corrected chi connectivity index (χ2v) is 6.63. The quantitative estimate of drug-likeness (QED) is 0.687. The number of alkyl halides is 1. The first-order valence-corrected chi connectivity index (χ1v) is 8.20. The van der Waals surface area contributed by atoms with Gasteiger partial charge in [0.15, 0.2) is 0 Å². The van der Waals surface area contributed by atoms with Crippen LogP contribution >= 0.6 is 39.1 Å². The van der Waals surface area contributed by atoms with Gasteiger partial charge in [0.05, 0.1) is 16.4 Å². The lowest BCUT2D eigenvalue weighted by Crippen LogP contribution is -2.13. The maximum Gasteiger partial charge on any atom is 0.0847 e. The molecule has 2 rings (SSSR count). The van der Waals surface area contributed by atoms with Gasteiger partial charge in [-0.15, -0.1) is 11.6 Å². The number of halogens is 3. The smallest absolute Gasteiger partial charge is 0.0847 e. The Kier molecular flexibility index (Phi) is 5.53. The van der Waals surface area contributed by atoms with Gasteiger partial charge < -0.3 is 0 Å². The van der Waals surface area contributed by atoms with Crippen molar-refractivity contribution in [2.45, 2.75) is 19.8 Å². The summed E-state index contributed by atoms with van der Waals surface area (Å²) in [7, 11) is 1.93. The van der Waals surface area contributed by atoms with E-state index in [2.05, 4.69) is 45.3 Å².